The predicted molar refractivity (Wildman–Crippen MR) is 147 cm³/mol. The maximum absolute atomic E-state index is 14.1. The number of hydrogen-bond acceptors (Lipinski definition) is 2. The average Bonchev–Trinajstić information content (AvgIpc) is 2.93. The summed E-state index contributed by atoms with van der Waals surface area (Å²) in [5.41, 5.74) is 7.61. The first kappa shape index (κ1) is 23.2. The van der Waals surface area contributed by atoms with Crippen LogP contribution in [0.1, 0.15) is 43.0 Å². The second-order valence-corrected chi connectivity index (χ2v) is 8.96. The van der Waals surface area contributed by atoms with Gasteiger partial charge in [0.2, 0.25) is 0 Å². The van der Waals surface area contributed by atoms with Crippen molar-refractivity contribution in [1.82, 2.24) is 0 Å². The van der Waals surface area contributed by atoms with Crippen molar-refractivity contribution in [1.29, 1.82) is 0 Å². The van der Waals surface area contributed by atoms with Crippen LogP contribution in [0.3, 0.4) is 0 Å². The van der Waals surface area contributed by atoms with Crippen LogP contribution in [0.25, 0.3) is 22.3 Å². The fourth-order valence-corrected chi connectivity index (χ4v) is 4.66. The first-order chi connectivity index (χ1) is 17.5. The maximum Gasteiger partial charge on any atom is 0.194 e. The van der Waals surface area contributed by atoms with Crippen LogP contribution in [0.15, 0.2) is 121 Å². The number of ketones is 2. The van der Waals surface area contributed by atoms with Crippen LogP contribution in [0.4, 0.5) is 0 Å². The van der Waals surface area contributed by atoms with Crippen LogP contribution in [-0.2, 0) is 0 Å². The molecule has 0 aliphatic carbocycles. The van der Waals surface area contributed by atoms with E-state index in [1.165, 1.54) is 0 Å². The second-order valence-electron chi connectivity index (χ2n) is 8.96. The number of carbonyl (C=O) groups excluding carboxylic acids is 2. The summed E-state index contributed by atoms with van der Waals surface area (Å²) in [6.07, 6.45) is 0. The monoisotopic (exact) mass is 466 g/mol. The quantitative estimate of drug-likeness (QED) is 0.237. The molecule has 0 amide bonds. The Bertz CT molecular complexity index is 1580. The van der Waals surface area contributed by atoms with Gasteiger partial charge in [-0.3, -0.25) is 9.59 Å². The SMILES string of the molecule is Cc1ccccc1C(=O)c1cccc(-c2cccc(-c3ccccc3)c2)c1C(=O)c1ccccc1C. The molecule has 0 aromatic heterocycles. The normalized spacial score (nSPS) is 10.7. The lowest BCUT2D eigenvalue weighted by atomic mass is 9.85. The van der Waals surface area contributed by atoms with Crippen molar-refractivity contribution < 1.29 is 9.59 Å². The molecule has 5 aromatic carbocycles. The molecule has 0 N–H and O–H groups in total. The molecule has 174 valence electrons. The molecule has 2 heteroatoms. The molecule has 36 heavy (non-hydrogen) atoms. The fourth-order valence-electron chi connectivity index (χ4n) is 4.66. The van der Waals surface area contributed by atoms with Gasteiger partial charge in [0.15, 0.2) is 11.6 Å². The van der Waals surface area contributed by atoms with Gasteiger partial charge >= 0.3 is 0 Å². The van der Waals surface area contributed by atoms with E-state index in [1.807, 2.05) is 105 Å². The van der Waals surface area contributed by atoms with Crippen molar-refractivity contribution >= 4 is 11.6 Å². The summed E-state index contributed by atoms with van der Waals surface area (Å²) in [6.45, 7) is 3.85. The van der Waals surface area contributed by atoms with E-state index in [0.717, 1.165) is 33.4 Å². The van der Waals surface area contributed by atoms with E-state index in [2.05, 4.69) is 24.3 Å². The molecule has 0 spiro atoms. The lowest BCUT2D eigenvalue weighted by Crippen LogP contribution is -2.14. The molecule has 0 saturated heterocycles. The van der Waals surface area contributed by atoms with Crippen LogP contribution < -0.4 is 0 Å². The van der Waals surface area contributed by atoms with Gasteiger partial charge in [-0.05, 0) is 53.3 Å². The fraction of sp³-hybridized carbons (Fsp3) is 0.0588. The van der Waals surface area contributed by atoms with Gasteiger partial charge in [-0.1, -0.05) is 115 Å². The van der Waals surface area contributed by atoms with Crippen molar-refractivity contribution in [3.05, 3.63) is 155 Å². The molecule has 0 heterocycles. The van der Waals surface area contributed by atoms with Gasteiger partial charge in [-0.15, -0.1) is 0 Å². The first-order valence-corrected chi connectivity index (χ1v) is 12.0. The predicted octanol–water partition coefficient (Wildman–Crippen LogP) is 8.10. The van der Waals surface area contributed by atoms with E-state index in [0.29, 0.717) is 22.3 Å². The topological polar surface area (TPSA) is 34.1 Å². The highest BCUT2D eigenvalue weighted by Crippen LogP contribution is 2.33. The van der Waals surface area contributed by atoms with Crippen molar-refractivity contribution in [3.63, 3.8) is 0 Å². The molecule has 0 aliphatic heterocycles. The lowest BCUT2D eigenvalue weighted by molar-refractivity contribution is 0.100. The molecule has 0 atom stereocenters. The molecule has 0 bridgehead atoms. The highest BCUT2D eigenvalue weighted by Gasteiger charge is 2.25. The van der Waals surface area contributed by atoms with E-state index in [4.69, 9.17) is 0 Å². The number of aryl methyl sites for hydroxylation is 2. The van der Waals surface area contributed by atoms with Crippen molar-refractivity contribution in [3.8, 4) is 22.3 Å². The van der Waals surface area contributed by atoms with Crippen molar-refractivity contribution in [2.45, 2.75) is 13.8 Å². The minimum absolute atomic E-state index is 0.147. The molecule has 0 saturated carbocycles. The van der Waals surface area contributed by atoms with Crippen LogP contribution in [0, 0.1) is 13.8 Å². The maximum atomic E-state index is 14.1. The van der Waals surface area contributed by atoms with E-state index < -0.39 is 0 Å². The summed E-state index contributed by atoms with van der Waals surface area (Å²) < 4.78 is 0. The Morgan fingerprint density at radius 3 is 1.61 bits per heavy atom. The Labute approximate surface area is 211 Å². The molecular formula is C34H26O2. The van der Waals surface area contributed by atoms with Gasteiger partial charge in [-0.25, -0.2) is 0 Å². The molecule has 0 aliphatic rings. The third kappa shape index (κ3) is 4.42. The molecular weight excluding hydrogens is 440 g/mol. The van der Waals surface area contributed by atoms with E-state index in [1.54, 1.807) is 6.07 Å². The third-order valence-electron chi connectivity index (χ3n) is 6.60. The number of rotatable bonds is 6. The molecule has 5 rings (SSSR count). The van der Waals surface area contributed by atoms with Crippen molar-refractivity contribution in [2.75, 3.05) is 0 Å². The average molecular weight is 467 g/mol. The largest absolute Gasteiger partial charge is 0.289 e. The summed E-state index contributed by atoms with van der Waals surface area (Å²) in [6, 6.07) is 38.9. The van der Waals surface area contributed by atoms with Gasteiger partial charge < -0.3 is 0 Å². The molecule has 5 aromatic rings. The van der Waals surface area contributed by atoms with E-state index in [-0.39, 0.29) is 11.6 Å². The van der Waals surface area contributed by atoms with Gasteiger partial charge in [-0.2, -0.15) is 0 Å². The van der Waals surface area contributed by atoms with Crippen molar-refractivity contribution in [2.24, 2.45) is 0 Å². The Kier molecular flexibility index (Phi) is 6.42. The molecule has 0 unspecified atom stereocenters. The highest BCUT2D eigenvalue weighted by atomic mass is 16.1. The van der Waals surface area contributed by atoms with Gasteiger partial charge in [0.25, 0.3) is 0 Å². The minimum Gasteiger partial charge on any atom is -0.289 e. The van der Waals surface area contributed by atoms with Crippen LogP contribution in [0.2, 0.25) is 0 Å². The third-order valence-corrected chi connectivity index (χ3v) is 6.60. The number of benzene rings is 5. The summed E-state index contributed by atoms with van der Waals surface area (Å²) in [5, 5.41) is 0. The minimum atomic E-state index is -0.147. The first-order valence-electron chi connectivity index (χ1n) is 12.0. The smallest absolute Gasteiger partial charge is 0.194 e. The Morgan fingerprint density at radius 1 is 0.444 bits per heavy atom. The zero-order valence-corrected chi connectivity index (χ0v) is 20.4. The molecule has 0 radical (unpaired) electrons. The highest BCUT2D eigenvalue weighted by molar-refractivity contribution is 6.22. The lowest BCUT2D eigenvalue weighted by Gasteiger charge is -2.16. The Balaban J connectivity index is 1.74. The zero-order valence-electron chi connectivity index (χ0n) is 20.4. The molecule has 0 fully saturated rings. The summed E-state index contributed by atoms with van der Waals surface area (Å²) in [5.74, 6) is -0.295. The van der Waals surface area contributed by atoms with Crippen LogP contribution in [0.5, 0.6) is 0 Å². The van der Waals surface area contributed by atoms with E-state index >= 15 is 0 Å². The van der Waals surface area contributed by atoms with Gasteiger partial charge in [0, 0.05) is 22.3 Å². The van der Waals surface area contributed by atoms with Gasteiger partial charge in [0.1, 0.15) is 0 Å². The summed E-state index contributed by atoms with van der Waals surface area (Å²) in [4.78, 5) is 27.9. The summed E-state index contributed by atoms with van der Waals surface area (Å²) in [7, 11) is 0. The second kappa shape index (κ2) is 9.97. The number of carbonyl (C=O) groups is 2. The summed E-state index contributed by atoms with van der Waals surface area (Å²) >= 11 is 0. The zero-order chi connectivity index (χ0) is 25.1. The van der Waals surface area contributed by atoms with Crippen LogP contribution >= 0.6 is 0 Å². The van der Waals surface area contributed by atoms with E-state index in [9.17, 15) is 9.59 Å². The van der Waals surface area contributed by atoms with Gasteiger partial charge in [0.05, 0.1) is 0 Å². The van der Waals surface area contributed by atoms with Crippen LogP contribution in [-0.4, -0.2) is 11.6 Å². The Morgan fingerprint density at radius 2 is 0.944 bits per heavy atom. The number of hydrogen-bond donors (Lipinski definition) is 0. The standard InChI is InChI=1S/C34H26O2/c1-23-12-6-8-18-28(23)33(35)31-21-11-20-30(32(31)34(36)29-19-9-7-13-24(29)2)27-17-10-16-26(22-27)25-14-4-3-5-15-25/h3-22H,1-2H3. The molecule has 2 nitrogen and oxygen atoms in total. The Hall–Kier alpha value is -4.56.